The van der Waals surface area contributed by atoms with Crippen molar-refractivity contribution in [1.82, 2.24) is 4.31 Å². The lowest BCUT2D eigenvalue weighted by Gasteiger charge is -2.29. The Morgan fingerprint density at radius 3 is 2.29 bits per heavy atom. The van der Waals surface area contributed by atoms with Gasteiger partial charge in [-0.15, -0.1) is 0 Å². The molecule has 0 amide bonds. The Morgan fingerprint density at radius 2 is 1.71 bits per heavy atom. The van der Waals surface area contributed by atoms with Gasteiger partial charge in [-0.3, -0.25) is 0 Å². The first kappa shape index (κ1) is 17.9. The lowest BCUT2D eigenvalue weighted by atomic mass is 10.1. The van der Waals surface area contributed by atoms with Crippen molar-refractivity contribution in [2.45, 2.75) is 47.6 Å². The van der Waals surface area contributed by atoms with Crippen molar-refractivity contribution >= 4 is 32.6 Å². The molecule has 1 saturated heterocycles. The Labute approximate surface area is 158 Å². The topological polar surface area (TPSA) is 37.4 Å². The molecule has 0 N–H and O–H groups in total. The molecule has 1 aliphatic rings. The van der Waals surface area contributed by atoms with Gasteiger partial charge in [0, 0.05) is 9.97 Å². The highest BCUT2D eigenvalue weighted by molar-refractivity contribution is 14.1. The number of rotatable bonds is 4. The van der Waals surface area contributed by atoms with E-state index < -0.39 is 10.0 Å². The lowest BCUT2D eigenvalue weighted by Crippen LogP contribution is -2.39. The molecular formula is C19H22INO2S. The predicted octanol–water partition coefficient (Wildman–Crippen LogP) is 4.71. The minimum atomic E-state index is -3.52. The molecule has 3 nitrogen and oxygen atoms in total. The minimum absolute atomic E-state index is 0.0297. The number of alkyl halides is 1. The van der Waals surface area contributed by atoms with Gasteiger partial charge < -0.3 is 0 Å². The van der Waals surface area contributed by atoms with E-state index in [1.54, 1.807) is 16.4 Å². The van der Waals surface area contributed by atoms with Gasteiger partial charge in [-0.2, -0.15) is 4.31 Å². The first-order valence-electron chi connectivity index (χ1n) is 8.24. The summed E-state index contributed by atoms with van der Waals surface area (Å²) >= 11 is 2.41. The molecule has 0 aliphatic carbocycles. The van der Waals surface area contributed by atoms with Gasteiger partial charge in [0.2, 0.25) is 10.0 Å². The van der Waals surface area contributed by atoms with Crippen LogP contribution in [-0.4, -0.2) is 22.7 Å². The second kappa shape index (κ2) is 7.14. The number of sulfonamides is 1. The van der Waals surface area contributed by atoms with E-state index in [-0.39, 0.29) is 12.1 Å². The summed E-state index contributed by atoms with van der Waals surface area (Å²) in [4.78, 5) is 0.387. The molecule has 0 spiro atoms. The molecule has 1 aliphatic heterocycles. The molecule has 1 fully saturated rings. The lowest BCUT2D eigenvalue weighted by molar-refractivity contribution is 0.322. The van der Waals surface area contributed by atoms with Crippen LogP contribution in [0.3, 0.4) is 0 Å². The van der Waals surface area contributed by atoms with E-state index in [1.165, 1.54) is 0 Å². The molecule has 0 saturated carbocycles. The zero-order chi connectivity index (χ0) is 17.3. The van der Waals surface area contributed by atoms with E-state index in [1.807, 2.05) is 49.4 Å². The van der Waals surface area contributed by atoms with Gasteiger partial charge in [-0.05, 0) is 37.5 Å². The minimum Gasteiger partial charge on any atom is -0.207 e. The fourth-order valence-electron chi connectivity index (χ4n) is 3.44. The summed E-state index contributed by atoms with van der Waals surface area (Å²) in [6.07, 6.45) is 1.68. The Kier molecular flexibility index (Phi) is 5.32. The Morgan fingerprint density at radius 1 is 1.08 bits per heavy atom. The van der Waals surface area contributed by atoms with Crippen LogP contribution in [0.25, 0.3) is 0 Å². The van der Waals surface area contributed by atoms with Crippen molar-refractivity contribution in [3.05, 3.63) is 65.7 Å². The maximum Gasteiger partial charge on any atom is 0.243 e. The SMILES string of the molecule is CC[C@H]1[C@H](I)C[C@H](c2ccccc2)N1S(=O)(=O)c1ccc(C)cc1. The van der Waals surface area contributed by atoms with Crippen LogP contribution in [-0.2, 0) is 10.0 Å². The summed E-state index contributed by atoms with van der Waals surface area (Å²) in [7, 11) is -3.52. The highest BCUT2D eigenvalue weighted by atomic mass is 127. The smallest absolute Gasteiger partial charge is 0.207 e. The van der Waals surface area contributed by atoms with Crippen molar-refractivity contribution < 1.29 is 8.42 Å². The van der Waals surface area contributed by atoms with E-state index in [0.29, 0.717) is 8.82 Å². The number of nitrogens with zero attached hydrogens (tertiary/aromatic N) is 1. The van der Waals surface area contributed by atoms with Gasteiger partial charge in [0.25, 0.3) is 0 Å². The maximum absolute atomic E-state index is 13.4. The summed E-state index contributed by atoms with van der Waals surface area (Å²) in [5, 5.41) is 0. The Balaban J connectivity index is 2.07. The first-order valence-corrected chi connectivity index (χ1v) is 10.9. The van der Waals surface area contributed by atoms with Gasteiger partial charge >= 0.3 is 0 Å². The average Bonchev–Trinajstić information content (AvgIpc) is 2.93. The van der Waals surface area contributed by atoms with Crippen molar-refractivity contribution in [2.24, 2.45) is 0 Å². The fourth-order valence-corrected chi connectivity index (χ4v) is 6.91. The molecule has 5 heteroatoms. The second-order valence-electron chi connectivity index (χ2n) is 6.30. The number of hydrogen-bond donors (Lipinski definition) is 0. The maximum atomic E-state index is 13.4. The van der Waals surface area contributed by atoms with Crippen molar-refractivity contribution in [2.75, 3.05) is 0 Å². The summed E-state index contributed by atoms with van der Waals surface area (Å²) in [6, 6.07) is 17.1. The van der Waals surface area contributed by atoms with Gasteiger partial charge in [0.15, 0.2) is 0 Å². The fraction of sp³-hybridized carbons (Fsp3) is 0.368. The Bertz CT molecular complexity index is 790. The molecule has 2 aromatic carbocycles. The van der Waals surface area contributed by atoms with E-state index in [0.717, 1.165) is 24.0 Å². The van der Waals surface area contributed by atoms with Crippen LogP contribution in [0, 0.1) is 6.92 Å². The van der Waals surface area contributed by atoms with E-state index in [4.69, 9.17) is 0 Å². The zero-order valence-electron chi connectivity index (χ0n) is 13.9. The molecule has 0 bridgehead atoms. The first-order chi connectivity index (χ1) is 11.4. The van der Waals surface area contributed by atoms with Crippen LogP contribution < -0.4 is 0 Å². The number of halogens is 1. The highest BCUT2D eigenvalue weighted by Gasteiger charge is 2.46. The van der Waals surface area contributed by atoms with Crippen LogP contribution in [0.5, 0.6) is 0 Å². The van der Waals surface area contributed by atoms with Gasteiger partial charge in [0.1, 0.15) is 0 Å². The van der Waals surface area contributed by atoms with E-state index in [9.17, 15) is 8.42 Å². The van der Waals surface area contributed by atoms with Gasteiger partial charge in [0.05, 0.1) is 10.9 Å². The van der Waals surface area contributed by atoms with Gasteiger partial charge in [-0.25, -0.2) is 8.42 Å². The van der Waals surface area contributed by atoms with Crippen LogP contribution >= 0.6 is 22.6 Å². The summed E-state index contributed by atoms with van der Waals surface area (Å²) in [5.74, 6) is 0. The second-order valence-corrected chi connectivity index (χ2v) is 9.74. The summed E-state index contributed by atoms with van der Waals surface area (Å²) < 4.78 is 28.8. The molecule has 1 heterocycles. The molecular weight excluding hydrogens is 433 g/mol. The van der Waals surface area contributed by atoms with Crippen LogP contribution in [0.2, 0.25) is 0 Å². The Hall–Kier alpha value is -0.920. The standard InChI is InChI=1S/C19H22INO2S/c1-3-18-17(20)13-19(15-7-5-4-6-8-15)21(18)24(22,23)16-11-9-14(2)10-12-16/h4-12,17-19H,3,13H2,1-2H3/t17-,18+,19-/m1/s1. The third-order valence-electron chi connectivity index (χ3n) is 4.70. The molecule has 128 valence electrons. The normalized spacial score (nSPS) is 25.0. The quantitative estimate of drug-likeness (QED) is 0.495. The highest BCUT2D eigenvalue weighted by Crippen LogP contribution is 2.44. The van der Waals surface area contributed by atoms with E-state index >= 15 is 0 Å². The molecule has 0 unspecified atom stereocenters. The zero-order valence-corrected chi connectivity index (χ0v) is 16.9. The van der Waals surface area contributed by atoms with Crippen molar-refractivity contribution in [1.29, 1.82) is 0 Å². The molecule has 24 heavy (non-hydrogen) atoms. The van der Waals surface area contributed by atoms with E-state index in [2.05, 4.69) is 29.5 Å². The molecule has 3 rings (SSSR count). The number of hydrogen-bond acceptors (Lipinski definition) is 2. The average molecular weight is 455 g/mol. The summed E-state index contributed by atoms with van der Waals surface area (Å²) in [6.45, 7) is 4.04. The third-order valence-corrected chi connectivity index (χ3v) is 7.99. The van der Waals surface area contributed by atoms with Crippen molar-refractivity contribution in [3.8, 4) is 0 Å². The summed E-state index contributed by atoms with van der Waals surface area (Å²) in [5.41, 5.74) is 2.14. The van der Waals surface area contributed by atoms with Crippen LogP contribution in [0.15, 0.2) is 59.5 Å². The number of aryl methyl sites for hydroxylation is 1. The molecule has 0 aromatic heterocycles. The monoisotopic (exact) mass is 455 g/mol. The molecule has 2 aromatic rings. The largest absolute Gasteiger partial charge is 0.243 e. The van der Waals surface area contributed by atoms with Gasteiger partial charge in [-0.1, -0.05) is 77.5 Å². The predicted molar refractivity (Wildman–Crippen MR) is 106 cm³/mol. The number of benzene rings is 2. The molecule has 0 radical (unpaired) electrons. The van der Waals surface area contributed by atoms with Crippen molar-refractivity contribution in [3.63, 3.8) is 0 Å². The van der Waals surface area contributed by atoms with Crippen LogP contribution in [0.1, 0.15) is 36.9 Å². The molecule has 3 atom stereocenters. The van der Waals surface area contributed by atoms with Crippen LogP contribution in [0.4, 0.5) is 0 Å². The third kappa shape index (κ3) is 3.26.